The van der Waals surface area contributed by atoms with Crippen molar-refractivity contribution in [3.63, 3.8) is 0 Å². The number of ether oxygens (including phenoxy) is 2. The van der Waals surface area contributed by atoms with Gasteiger partial charge in [0.05, 0.1) is 12.2 Å². The number of unbranched alkanes of at least 4 members (excludes halogenated alkanes) is 3. The van der Waals surface area contributed by atoms with E-state index < -0.39 is 0 Å². The number of hydrogen-bond acceptors (Lipinski definition) is 2. The zero-order valence-electron chi connectivity index (χ0n) is 26.0. The molecule has 2 rings (SSSR count). The van der Waals surface area contributed by atoms with E-state index in [2.05, 4.69) is 55.4 Å². The van der Waals surface area contributed by atoms with E-state index in [-0.39, 0.29) is 0 Å². The molecule has 0 amide bonds. The van der Waals surface area contributed by atoms with Gasteiger partial charge in [-0.3, -0.25) is 0 Å². The second kappa shape index (κ2) is 16.8. The van der Waals surface area contributed by atoms with Crippen LogP contribution >= 0.6 is 0 Å². The molecule has 6 atom stereocenters. The fourth-order valence-corrected chi connectivity index (χ4v) is 8.34. The molecule has 2 saturated carbocycles. The molecule has 2 heteroatoms. The van der Waals surface area contributed by atoms with E-state index in [4.69, 9.17) is 9.47 Å². The van der Waals surface area contributed by atoms with Crippen molar-refractivity contribution in [1.29, 1.82) is 0 Å². The van der Waals surface area contributed by atoms with Gasteiger partial charge in [-0.2, -0.15) is 0 Å². The van der Waals surface area contributed by atoms with Gasteiger partial charge in [-0.15, -0.1) is 0 Å². The van der Waals surface area contributed by atoms with Crippen LogP contribution in [0.2, 0.25) is 0 Å². The summed E-state index contributed by atoms with van der Waals surface area (Å²) in [5.41, 5.74) is 0.403. The van der Waals surface area contributed by atoms with Crippen LogP contribution in [0.5, 0.6) is 0 Å². The van der Waals surface area contributed by atoms with Crippen LogP contribution in [0.25, 0.3) is 0 Å². The molecule has 214 valence electrons. The Kier molecular flexibility index (Phi) is 15.0. The Morgan fingerprint density at radius 3 is 1.11 bits per heavy atom. The van der Waals surface area contributed by atoms with Gasteiger partial charge in [0.25, 0.3) is 0 Å². The third-order valence-corrected chi connectivity index (χ3v) is 10.5. The minimum atomic E-state index is 0.403. The van der Waals surface area contributed by atoms with Crippen molar-refractivity contribution in [2.24, 2.45) is 40.9 Å². The average molecular weight is 507 g/mol. The van der Waals surface area contributed by atoms with Crippen LogP contribution < -0.4 is 0 Å². The second-order valence-electron chi connectivity index (χ2n) is 13.3. The maximum Gasteiger partial charge on any atom is 0.0631 e. The summed E-state index contributed by atoms with van der Waals surface area (Å²) in [7, 11) is 0. The summed E-state index contributed by atoms with van der Waals surface area (Å²) in [6.45, 7) is 21.0. The van der Waals surface area contributed by atoms with E-state index in [0.717, 1.165) is 48.7 Å². The highest BCUT2D eigenvalue weighted by molar-refractivity contribution is 4.99. The second-order valence-corrected chi connectivity index (χ2v) is 13.3. The van der Waals surface area contributed by atoms with Gasteiger partial charge >= 0.3 is 0 Å². The lowest BCUT2D eigenvalue weighted by Gasteiger charge is -2.53. The minimum Gasteiger partial charge on any atom is -0.378 e. The molecule has 0 saturated heterocycles. The summed E-state index contributed by atoms with van der Waals surface area (Å²) >= 11 is 0. The third-order valence-electron chi connectivity index (χ3n) is 10.5. The molecule has 2 fully saturated rings. The predicted octanol–water partition coefficient (Wildman–Crippen LogP) is 10.5. The molecule has 0 aromatic carbocycles. The van der Waals surface area contributed by atoms with E-state index in [1.165, 1.54) is 96.3 Å². The number of rotatable bonds is 17. The van der Waals surface area contributed by atoms with Gasteiger partial charge in [0, 0.05) is 13.2 Å². The molecule has 0 aromatic rings. The maximum atomic E-state index is 6.54. The van der Waals surface area contributed by atoms with Crippen LogP contribution in [0.1, 0.15) is 152 Å². The normalized spacial score (nSPS) is 33.7. The summed E-state index contributed by atoms with van der Waals surface area (Å²) in [6, 6.07) is 0. The van der Waals surface area contributed by atoms with Gasteiger partial charge in [-0.1, -0.05) is 86.5 Å². The smallest absolute Gasteiger partial charge is 0.0631 e. The Morgan fingerprint density at radius 1 is 0.500 bits per heavy atom. The van der Waals surface area contributed by atoms with Crippen molar-refractivity contribution in [2.75, 3.05) is 13.2 Å². The molecule has 36 heavy (non-hydrogen) atoms. The SMILES string of the molecule is CCCCC1CC(C(C)(C)C2CC(CCCC)C(OCC)C(CCCC)C2)CC(CCC)C1OCC. The summed E-state index contributed by atoms with van der Waals surface area (Å²) in [4.78, 5) is 0. The molecule has 0 aliphatic heterocycles. The van der Waals surface area contributed by atoms with Crippen LogP contribution in [0.3, 0.4) is 0 Å². The molecule has 0 aromatic heterocycles. The zero-order valence-corrected chi connectivity index (χ0v) is 26.0. The highest BCUT2D eigenvalue weighted by atomic mass is 16.5. The summed E-state index contributed by atoms with van der Waals surface area (Å²) < 4.78 is 13.1. The summed E-state index contributed by atoms with van der Waals surface area (Å²) in [5, 5.41) is 0. The monoisotopic (exact) mass is 507 g/mol. The van der Waals surface area contributed by atoms with Gasteiger partial charge in [-0.05, 0) is 106 Å². The Bertz CT molecular complexity index is 539. The lowest BCUT2D eigenvalue weighted by Crippen LogP contribution is -2.49. The molecule has 6 unspecified atom stereocenters. The van der Waals surface area contributed by atoms with E-state index in [9.17, 15) is 0 Å². The summed E-state index contributed by atoms with van der Waals surface area (Å²) in [5.74, 6) is 4.69. The Balaban J connectivity index is 2.29. The first-order valence-electron chi connectivity index (χ1n) is 16.6. The largest absolute Gasteiger partial charge is 0.378 e. The number of hydrogen-bond donors (Lipinski definition) is 0. The van der Waals surface area contributed by atoms with E-state index in [1.807, 2.05) is 0 Å². The molecular weight excluding hydrogens is 440 g/mol. The van der Waals surface area contributed by atoms with Crippen molar-refractivity contribution >= 4 is 0 Å². The first kappa shape index (κ1) is 32.1. The fourth-order valence-electron chi connectivity index (χ4n) is 8.34. The molecule has 2 nitrogen and oxygen atoms in total. The van der Waals surface area contributed by atoms with E-state index in [0.29, 0.717) is 17.6 Å². The van der Waals surface area contributed by atoms with E-state index in [1.54, 1.807) is 0 Å². The van der Waals surface area contributed by atoms with Gasteiger partial charge in [0.1, 0.15) is 0 Å². The standard InChI is InChI=1S/C34H66O2/c1-9-15-19-27-23-30(22-26(18-12-4)32(27)35-13-5)34(7,8)31-24-28(20-16-10-2)33(36-14-6)29(25-31)21-17-11-3/h26-33H,9-25H2,1-8H3. The van der Waals surface area contributed by atoms with Gasteiger partial charge < -0.3 is 9.47 Å². The first-order valence-corrected chi connectivity index (χ1v) is 16.6. The maximum absolute atomic E-state index is 6.54. The van der Waals surface area contributed by atoms with Crippen LogP contribution in [-0.4, -0.2) is 25.4 Å². The molecular formula is C34H66O2. The third kappa shape index (κ3) is 8.72. The Labute approximate surface area is 227 Å². The average Bonchev–Trinajstić information content (AvgIpc) is 2.87. The van der Waals surface area contributed by atoms with Crippen molar-refractivity contribution in [2.45, 2.75) is 164 Å². The molecule has 0 spiro atoms. The molecule has 0 radical (unpaired) electrons. The summed E-state index contributed by atoms with van der Waals surface area (Å²) in [6.07, 6.45) is 21.3. The minimum absolute atomic E-state index is 0.403. The van der Waals surface area contributed by atoms with Crippen molar-refractivity contribution in [3.8, 4) is 0 Å². The molecule has 0 heterocycles. The van der Waals surface area contributed by atoms with E-state index >= 15 is 0 Å². The van der Waals surface area contributed by atoms with Gasteiger partial charge in [0.15, 0.2) is 0 Å². The fraction of sp³-hybridized carbons (Fsp3) is 1.00. The van der Waals surface area contributed by atoms with Crippen LogP contribution in [0, 0.1) is 40.9 Å². The van der Waals surface area contributed by atoms with Crippen molar-refractivity contribution in [1.82, 2.24) is 0 Å². The predicted molar refractivity (Wildman–Crippen MR) is 157 cm³/mol. The van der Waals surface area contributed by atoms with Crippen LogP contribution in [-0.2, 0) is 9.47 Å². The Hall–Kier alpha value is -0.0800. The topological polar surface area (TPSA) is 18.5 Å². The van der Waals surface area contributed by atoms with Crippen LogP contribution in [0.15, 0.2) is 0 Å². The zero-order chi connectivity index (χ0) is 26.6. The van der Waals surface area contributed by atoms with Crippen molar-refractivity contribution < 1.29 is 9.47 Å². The Morgan fingerprint density at radius 2 is 0.833 bits per heavy atom. The molecule has 2 aliphatic carbocycles. The highest BCUT2D eigenvalue weighted by Crippen LogP contribution is 2.55. The quantitative estimate of drug-likeness (QED) is 0.195. The lowest BCUT2D eigenvalue weighted by atomic mass is 9.54. The van der Waals surface area contributed by atoms with Gasteiger partial charge in [0.2, 0.25) is 0 Å². The molecule has 2 aliphatic rings. The molecule has 0 bridgehead atoms. The first-order chi connectivity index (χ1) is 17.4. The molecule has 0 N–H and O–H groups in total. The highest BCUT2D eigenvalue weighted by Gasteiger charge is 2.49. The van der Waals surface area contributed by atoms with Crippen molar-refractivity contribution in [3.05, 3.63) is 0 Å². The van der Waals surface area contributed by atoms with Gasteiger partial charge in [-0.25, -0.2) is 0 Å². The van der Waals surface area contributed by atoms with Crippen LogP contribution in [0.4, 0.5) is 0 Å². The lowest BCUT2D eigenvalue weighted by molar-refractivity contribution is -0.112.